The van der Waals surface area contributed by atoms with Crippen LogP contribution in [0.1, 0.15) is 36.8 Å². The van der Waals surface area contributed by atoms with Crippen molar-refractivity contribution in [2.45, 2.75) is 26.2 Å². The van der Waals surface area contributed by atoms with Crippen molar-refractivity contribution in [1.29, 1.82) is 0 Å². The van der Waals surface area contributed by atoms with Crippen molar-refractivity contribution in [3.63, 3.8) is 0 Å². The van der Waals surface area contributed by atoms with Crippen LogP contribution in [0, 0.1) is 5.82 Å². The molecular weight excluding hydrogens is 317 g/mol. The molecule has 5 nitrogen and oxygen atoms in total. The van der Waals surface area contributed by atoms with Gasteiger partial charge in [0, 0.05) is 24.3 Å². The molecular formula is C16H16FN3O2S. The van der Waals surface area contributed by atoms with E-state index in [2.05, 4.69) is 10.3 Å². The Bertz CT molecular complexity index is 800. The molecule has 1 aromatic carbocycles. The molecule has 0 saturated carbocycles. The van der Waals surface area contributed by atoms with Crippen molar-refractivity contribution < 1.29 is 14.0 Å². The third-order valence-electron chi connectivity index (χ3n) is 3.78. The third kappa shape index (κ3) is 2.84. The lowest BCUT2D eigenvalue weighted by Crippen LogP contribution is -2.34. The lowest BCUT2D eigenvalue weighted by atomic mass is 9.87. The van der Waals surface area contributed by atoms with Crippen LogP contribution in [-0.4, -0.2) is 23.3 Å². The average molecular weight is 333 g/mol. The lowest BCUT2D eigenvalue weighted by molar-refractivity contribution is -0.114. The molecule has 2 aromatic rings. The van der Waals surface area contributed by atoms with E-state index in [1.54, 1.807) is 16.3 Å². The van der Waals surface area contributed by atoms with Crippen LogP contribution >= 0.6 is 11.3 Å². The molecule has 1 N–H and O–H groups in total. The highest BCUT2D eigenvalue weighted by Gasteiger charge is 2.39. The number of carbonyl (C=O) groups is 2. The third-order valence-corrected chi connectivity index (χ3v) is 4.54. The lowest BCUT2D eigenvalue weighted by Gasteiger charge is -2.20. The molecule has 23 heavy (non-hydrogen) atoms. The molecule has 0 fully saturated rings. The Hall–Kier alpha value is -2.28. The van der Waals surface area contributed by atoms with Crippen LogP contribution in [0.2, 0.25) is 0 Å². The molecule has 1 aliphatic rings. The van der Waals surface area contributed by atoms with Crippen molar-refractivity contribution >= 4 is 34.0 Å². The monoisotopic (exact) mass is 333 g/mol. The standard InChI is InChI=1S/C16H16FN3O2S/c1-9(21)18-15-19-12(7-23-15)14(22)20-8-16(2,3)11-5-4-10(17)6-13(11)20/h4-7H,8H2,1-3H3,(H,18,19,21). The number of thiazole rings is 1. The minimum Gasteiger partial charge on any atom is -0.306 e. The number of hydrogen-bond donors (Lipinski definition) is 1. The van der Waals surface area contributed by atoms with Crippen molar-refractivity contribution in [3.8, 4) is 0 Å². The number of hydrogen-bond acceptors (Lipinski definition) is 4. The van der Waals surface area contributed by atoms with E-state index in [4.69, 9.17) is 0 Å². The van der Waals surface area contributed by atoms with Gasteiger partial charge in [-0.3, -0.25) is 9.59 Å². The Morgan fingerprint density at radius 3 is 2.83 bits per heavy atom. The van der Waals surface area contributed by atoms with Crippen LogP contribution in [0.15, 0.2) is 23.6 Å². The summed E-state index contributed by atoms with van der Waals surface area (Å²) in [5.41, 5.74) is 1.50. The summed E-state index contributed by atoms with van der Waals surface area (Å²) in [6, 6.07) is 4.51. The van der Waals surface area contributed by atoms with Gasteiger partial charge in [0.2, 0.25) is 5.91 Å². The van der Waals surface area contributed by atoms with Crippen molar-refractivity contribution in [3.05, 3.63) is 40.7 Å². The summed E-state index contributed by atoms with van der Waals surface area (Å²) in [4.78, 5) is 29.5. The summed E-state index contributed by atoms with van der Waals surface area (Å²) in [6.07, 6.45) is 0. The maximum atomic E-state index is 13.6. The zero-order valence-corrected chi connectivity index (χ0v) is 13.8. The number of benzene rings is 1. The second kappa shape index (κ2) is 5.42. The van der Waals surface area contributed by atoms with E-state index in [1.807, 2.05) is 13.8 Å². The van der Waals surface area contributed by atoms with Gasteiger partial charge in [0.25, 0.3) is 5.91 Å². The molecule has 0 aliphatic carbocycles. The fourth-order valence-corrected chi connectivity index (χ4v) is 3.50. The predicted molar refractivity (Wildman–Crippen MR) is 87.5 cm³/mol. The van der Waals surface area contributed by atoms with Gasteiger partial charge in [0.05, 0.1) is 5.69 Å². The fraction of sp³-hybridized carbons (Fsp3) is 0.312. The molecule has 0 radical (unpaired) electrons. The maximum absolute atomic E-state index is 13.6. The quantitative estimate of drug-likeness (QED) is 0.918. The molecule has 120 valence electrons. The number of aromatic nitrogens is 1. The van der Waals surface area contributed by atoms with Crippen LogP contribution < -0.4 is 10.2 Å². The van der Waals surface area contributed by atoms with Crippen molar-refractivity contribution in [2.75, 3.05) is 16.8 Å². The number of halogens is 1. The Kier molecular flexibility index (Phi) is 3.68. The minimum atomic E-state index is -0.378. The number of nitrogens with one attached hydrogen (secondary N) is 1. The first kappa shape index (κ1) is 15.6. The number of anilines is 2. The van der Waals surface area contributed by atoms with E-state index >= 15 is 0 Å². The van der Waals surface area contributed by atoms with Crippen LogP contribution in [-0.2, 0) is 10.2 Å². The molecule has 0 saturated heterocycles. The largest absolute Gasteiger partial charge is 0.306 e. The fourth-order valence-electron chi connectivity index (χ4n) is 2.77. The van der Waals surface area contributed by atoms with E-state index in [0.29, 0.717) is 17.4 Å². The van der Waals surface area contributed by atoms with E-state index in [9.17, 15) is 14.0 Å². The molecule has 1 aromatic heterocycles. The molecule has 2 amide bonds. The highest BCUT2D eigenvalue weighted by Crippen LogP contribution is 2.41. The molecule has 0 unspecified atom stereocenters. The number of fused-ring (bicyclic) bond motifs is 1. The smallest absolute Gasteiger partial charge is 0.277 e. The van der Waals surface area contributed by atoms with Gasteiger partial charge in [-0.15, -0.1) is 11.3 Å². The summed E-state index contributed by atoms with van der Waals surface area (Å²) in [7, 11) is 0. The zero-order chi connectivity index (χ0) is 16.8. The Morgan fingerprint density at radius 2 is 2.13 bits per heavy atom. The number of nitrogens with zero attached hydrogens (tertiary/aromatic N) is 2. The van der Waals surface area contributed by atoms with Gasteiger partial charge in [-0.2, -0.15) is 0 Å². The topological polar surface area (TPSA) is 62.3 Å². The van der Waals surface area contributed by atoms with Crippen LogP contribution in [0.25, 0.3) is 0 Å². The average Bonchev–Trinajstić information content (AvgIpc) is 3.00. The van der Waals surface area contributed by atoms with Gasteiger partial charge in [0.15, 0.2) is 5.13 Å². The molecule has 7 heteroatoms. The number of carbonyl (C=O) groups excluding carboxylic acids is 2. The molecule has 2 heterocycles. The van der Waals surface area contributed by atoms with E-state index in [1.165, 1.54) is 30.4 Å². The van der Waals surface area contributed by atoms with Gasteiger partial charge >= 0.3 is 0 Å². The van der Waals surface area contributed by atoms with Gasteiger partial charge in [-0.05, 0) is 17.7 Å². The number of rotatable bonds is 2. The van der Waals surface area contributed by atoms with Gasteiger partial charge < -0.3 is 10.2 Å². The Balaban J connectivity index is 1.94. The van der Waals surface area contributed by atoms with Crippen LogP contribution in [0.5, 0.6) is 0 Å². The van der Waals surface area contributed by atoms with Gasteiger partial charge in [-0.25, -0.2) is 9.37 Å². The summed E-state index contributed by atoms with van der Waals surface area (Å²) in [5, 5.41) is 4.52. The number of amides is 2. The second-order valence-corrected chi connectivity index (χ2v) is 7.01. The Labute approximate surface area is 137 Å². The molecule has 0 atom stereocenters. The maximum Gasteiger partial charge on any atom is 0.277 e. The first-order valence-electron chi connectivity index (χ1n) is 7.13. The molecule has 3 rings (SSSR count). The first-order valence-corrected chi connectivity index (χ1v) is 8.01. The summed E-state index contributed by atoms with van der Waals surface area (Å²) in [6.45, 7) is 5.87. The summed E-state index contributed by atoms with van der Waals surface area (Å²) < 4.78 is 13.6. The highest BCUT2D eigenvalue weighted by atomic mass is 32.1. The first-order chi connectivity index (χ1) is 10.8. The summed E-state index contributed by atoms with van der Waals surface area (Å²) in [5.74, 6) is -0.917. The normalized spacial score (nSPS) is 15.4. The Morgan fingerprint density at radius 1 is 1.39 bits per heavy atom. The molecule has 0 bridgehead atoms. The SMILES string of the molecule is CC(=O)Nc1nc(C(=O)N2CC(C)(C)c3ccc(F)cc32)cs1. The second-order valence-electron chi connectivity index (χ2n) is 6.16. The van der Waals surface area contributed by atoms with Gasteiger partial charge in [-0.1, -0.05) is 19.9 Å². The van der Waals surface area contributed by atoms with E-state index in [-0.39, 0.29) is 28.7 Å². The van der Waals surface area contributed by atoms with Gasteiger partial charge in [0.1, 0.15) is 11.5 Å². The van der Waals surface area contributed by atoms with E-state index < -0.39 is 0 Å². The zero-order valence-electron chi connectivity index (χ0n) is 13.0. The van der Waals surface area contributed by atoms with E-state index in [0.717, 1.165) is 5.56 Å². The van der Waals surface area contributed by atoms with Crippen LogP contribution in [0.4, 0.5) is 15.2 Å². The predicted octanol–water partition coefficient (Wildman–Crippen LogP) is 3.18. The van der Waals surface area contributed by atoms with Crippen LogP contribution in [0.3, 0.4) is 0 Å². The summed E-state index contributed by atoms with van der Waals surface area (Å²) >= 11 is 1.18. The molecule has 1 aliphatic heterocycles. The van der Waals surface area contributed by atoms with Crippen molar-refractivity contribution in [2.24, 2.45) is 0 Å². The highest BCUT2D eigenvalue weighted by molar-refractivity contribution is 7.14. The van der Waals surface area contributed by atoms with Crippen molar-refractivity contribution in [1.82, 2.24) is 4.98 Å². The molecule has 0 spiro atoms. The minimum absolute atomic E-state index is 0.242.